The summed E-state index contributed by atoms with van der Waals surface area (Å²) in [5, 5.41) is 2.78. The minimum absolute atomic E-state index is 0.274. The molecule has 3 rings (SSSR count). The van der Waals surface area contributed by atoms with Crippen LogP contribution in [0, 0.1) is 0 Å². The largest absolute Gasteiger partial charge is 0.486 e. The Labute approximate surface area is 159 Å². The minimum Gasteiger partial charge on any atom is -0.486 e. The molecule has 0 aromatic heterocycles. The van der Waals surface area contributed by atoms with Gasteiger partial charge in [-0.2, -0.15) is 0 Å². The number of hydrogen-bond donors (Lipinski definition) is 1. The predicted octanol–water partition coefficient (Wildman–Crippen LogP) is 3.02. The molecule has 1 heterocycles. The van der Waals surface area contributed by atoms with E-state index < -0.39 is 5.97 Å². The maximum absolute atomic E-state index is 11.8. The molecule has 1 aromatic carbocycles. The van der Waals surface area contributed by atoms with Crippen LogP contribution < -0.4 is 14.8 Å². The molecule has 6 nitrogen and oxygen atoms in total. The van der Waals surface area contributed by atoms with Gasteiger partial charge in [0, 0.05) is 12.6 Å². The number of hydrogen-bond acceptors (Lipinski definition) is 5. The fourth-order valence-electron chi connectivity index (χ4n) is 3.06. The number of ether oxygens (including phenoxy) is 3. The van der Waals surface area contributed by atoms with E-state index in [1.807, 2.05) is 6.07 Å². The van der Waals surface area contributed by atoms with Crippen LogP contribution in [0.4, 0.5) is 0 Å². The highest BCUT2D eigenvalue weighted by Gasteiger charge is 2.11. The Hall–Kier alpha value is -2.76. The summed E-state index contributed by atoms with van der Waals surface area (Å²) in [5.74, 6) is 0.508. The van der Waals surface area contributed by atoms with Crippen molar-refractivity contribution in [2.24, 2.45) is 0 Å². The van der Waals surface area contributed by atoms with Crippen LogP contribution in [0.5, 0.6) is 11.5 Å². The number of amides is 1. The third-order valence-corrected chi connectivity index (χ3v) is 4.48. The molecular formula is C21H25NO5. The van der Waals surface area contributed by atoms with Crippen molar-refractivity contribution in [1.29, 1.82) is 0 Å². The van der Waals surface area contributed by atoms with Crippen molar-refractivity contribution in [1.82, 2.24) is 5.32 Å². The normalized spacial score (nSPS) is 15.9. The Balaban J connectivity index is 1.36. The number of benzene rings is 1. The third-order valence-electron chi connectivity index (χ3n) is 4.48. The molecule has 27 heavy (non-hydrogen) atoms. The van der Waals surface area contributed by atoms with Crippen LogP contribution in [-0.2, 0) is 14.3 Å². The van der Waals surface area contributed by atoms with Crippen LogP contribution in [0.2, 0.25) is 0 Å². The topological polar surface area (TPSA) is 73.9 Å². The Bertz CT molecular complexity index is 738. The number of nitrogens with one attached hydrogen (secondary N) is 1. The molecule has 1 aliphatic carbocycles. The molecule has 0 atom stereocenters. The van der Waals surface area contributed by atoms with Crippen molar-refractivity contribution in [3.05, 3.63) is 41.5 Å². The summed E-state index contributed by atoms with van der Waals surface area (Å²) in [6.45, 7) is 1.35. The van der Waals surface area contributed by atoms with Gasteiger partial charge in [-0.15, -0.1) is 0 Å². The second-order valence-electron chi connectivity index (χ2n) is 6.55. The fraction of sp³-hybridized carbons (Fsp3) is 0.429. The molecule has 0 fully saturated rings. The maximum atomic E-state index is 11.8. The zero-order valence-corrected chi connectivity index (χ0v) is 15.4. The van der Waals surface area contributed by atoms with Crippen molar-refractivity contribution in [3.8, 4) is 11.5 Å². The molecule has 0 spiro atoms. The van der Waals surface area contributed by atoms with Gasteiger partial charge in [-0.25, -0.2) is 4.79 Å². The van der Waals surface area contributed by atoms with E-state index in [-0.39, 0.29) is 12.5 Å². The van der Waals surface area contributed by atoms with Crippen LogP contribution in [-0.4, -0.2) is 38.2 Å². The zero-order valence-electron chi connectivity index (χ0n) is 15.4. The molecule has 0 saturated carbocycles. The SMILES string of the molecule is O=C(COC(=O)/C=C/c1ccc2c(c1)OCCO2)NCCC1=CCCCC1. The molecular weight excluding hydrogens is 346 g/mol. The van der Waals surface area contributed by atoms with Gasteiger partial charge in [-0.05, 0) is 55.9 Å². The molecule has 1 aromatic rings. The molecule has 0 bridgehead atoms. The van der Waals surface area contributed by atoms with Gasteiger partial charge in [0.2, 0.25) is 0 Å². The number of rotatable bonds is 7. The van der Waals surface area contributed by atoms with Crippen LogP contribution in [0.3, 0.4) is 0 Å². The fourth-order valence-corrected chi connectivity index (χ4v) is 3.06. The van der Waals surface area contributed by atoms with E-state index in [0.717, 1.165) is 24.8 Å². The van der Waals surface area contributed by atoms with Crippen molar-refractivity contribution in [2.75, 3.05) is 26.4 Å². The quantitative estimate of drug-likeness (QED) is 0.453. The van der Waals surface area contributed by atoms with Crippen LogP contribution in [0.15, 0.2) is 35.9 Å². The molecule has 1 aliphatic heterocycles. The Kier molecular flexibility index (Phi) is 6.90. The van der Waals surface area contributed by atoms with Gasteiger partial charge in [0.15, 0.2) is 18.1 Å². The average molecular weight is 371 g/mol. The maximum Gasteiger partial charge on any atom is 0.331 e. The summed E-state index contributed by atoms with van der Waals surface area (Å²) in [5.41, 5.74) is 2.20. The van der Waals surface area contributed by atoms with E-state index in [1.54, 1.807) is 18.2 Å². The highest BCUT2D eigenvalue weighted by atomic mass is 16.6. The lowest BCUT2D eigenvalue weighted by molar-refractivity contribution is -0.143. The first-order valence-corrected chi connectivity index (χ1v) is 9.40. The van der Waals surface area contributed by atoms with E-state index in [2.05, 4.69) is 11.4 Å². The highest BCUT2D eigenvalue weighted by Crippen LogP contribution is 2.31. The minimum atomic E-state index is -0.560. The second kappa shape index (κ2) is 9.80. The third kappa shape index (κ3) is 6.16. The first-order chi connectivity index (χ1) is 13.2. The van der Waals surface area contributed by atoms with E-state index in [4.69, 9.17) is 14.2 Å². The number of allylic oxidation sites excluding steroid dienone is 1. The first kappa shape index (κ1) is 19.0. The molecule has 0 saturated heterocycles. The van der Waals surface area contributed by atoms with Crippen molar-refractivity contribution < 1.29 is 23.8 Å². The van der Waals surface area contributed by atoms with Gasteiger partial charge in [-0.3, -0.25) is 4.79 Å². The van der Waals surface area contributed by atoms with Crippen LogP contribution in [0.25, 0.3) is 6.08 Å². The van der Waals surface area contributed by atoms with Gasteiger partial charge >= 0.3 is 5.97 Å². The predicted molar refractivity (Wildman–Crippen MR) is 102 cm³/mol. The average Bonchev–Trinajstić information content (AvgIpc) is 2.71. The number of fused-ring (bicyclic) bond motifs is 1. The molecule has 1 N–H and O–H groups in total. The monoisotopic (exact) mass is 371 g/mol. The highest BCUT2D eigenvalue weighted by molar-refractivity contribution is 5.89. The summed E-state index contributed by atoms with van der Waals surface area (Å²) in [6.07, 6.45) is 10.8. The molecule has 1 amide bonds. The lowest BCUT2D eigenvalue weighted by atomic mass is 9.97. The van der Waals surface area contributed by atoms with Gasteiger partial charge < -0.3 is 19.5 Å². The van der Waals surface area contributed by atoms with Gasteiger partial charge in [-0.1, -0.05) is 17.7 Å². The molecule has 0 radical (unpaired) electrons. The van der Waals surface area contributed by atoms with E-state index in [1.165, 1.54) is 24.5 Å². The van der Waals surface area contributed by atoms with Crippen molar-refractivity contribution in [3.63, 3.8) is 0 Å². The zero-order chi connectivity index (χ0) is 18.9. The Morgan fingerprint density at radius 3 is 2.81 bits per heavy atom. The second-order valence-corrected chi connectivity index (χ2v) is 6.55. The molecule has 2 aliphatic rings. The van der Waals surface area contributed by atoms with Crippen molar-refractivity contribution >= 4 is 18.0 Å². The number of carbonyl (C=O) groups excluding carboxylic acids is 2. The van der Waals surface area contributed by atoms with Gasteiger partial charge in [0.05, 0.1) is 0 Å². The summed E-state index contributed by atoms with van der Waals surface area (Å²) in [7, 11) is 0. The smallest absolute Gasteiger partial charge is 0.331 e. The summed E-state index contributed by atoms with van der Waals surface area (Å²) in [6, 6.07) is 5.42. The first-order valence-electron chi connectivity index (χ1n) is 9.40. The number of carbonyl (C=O) groups is 2. The Morgan fingerprint density at radius 2 is 2.00 bits per heavy atom. The van der Waals surface area contributed by atoms with E-state index >= 15 is 0 Å². The Morgan fingerprint density at radius 1 is 1.15 bits per heavy atom. The van der Waals surface area contributed by atoms with E-state index in [9.17, 15) is 9.59 Å². The summed E-state index contributed by atoms with van der Waals surface area (Å²) >= 11 is 0. The lowest BCUT2D eigenvalue weighted by Gasteiger charge is -2.18. The van der Waals surface area contributed by atoms with Gasteiger partial charge in [0.1, 0.15) is 13.2 Å². The van der Waals surface area contributed by atoms with Gasteiger partial charge in [0.25, 0.3) is 5.91 Å². The van der Waals surface area contributed by atoms with Crippen LogP contribution in [0.1, 0.15) is 37.7 Å². The molecule has 144 valence electrons. The molecule has 0 unspecified atom stereocenters. The molecule has 6 heteroatoms. The van der Waals surface area contributed by atoms with Crippen LogP contribution >= 0.6 is 0 Å². The van der Waals surface area contributed by atoms with Crippen molar-refractivity contribution in [2.45, 2.75) is 32.1 Å². The standard InChI is InChI=1S/C21H25NO5/c23-20(22-11-10-16-4-2-1-3-5-16)15-27-21(24)9-7-17-6-8-18-19(14-17)26-13-12-25-18/h4,6-9,14H,1-3,5,10-13,15H2,(H,22,23)/b9-7+. The summed E-state index contributed by atoms with van der Waals surface area (Å²) in [4.78, 5) is 23.5. The van der Waals surface area contributed by atoms with E-state index in [0.29, 0.717) is 31.3 Å². The number of esters is 1. The lowest BCUT2D eigenvalue weighted by Crippen LogP contribution is -2.29. The summed E-state index contributed by atoms with van der Waals surface area (Å²) < 4.78 is 15.9.